The molecular formula is C22H27N3O4. The topological polar surface area (TPSA) is 114 Å². The van der Waals surface area contributed by atoms with Crippen LogP contribution in [0.1, 0.15) is 71.4 Å². The molecule has 4 N–H and O–H groups in total. The van der Waals surface area contributed by atoms with E-state index in [9.17, 15) is 14.4 Å². The highest BCUT2D eigenvalue weighted by atomic mass is 16.5. The number of carbonyl (C=O) groups excluding carboxylic acids is 2. The molecule has 1 aromatic carbocycles. The number of nitrogens with two attached hydrogens (primary N) is 1. The lowest BCUT2D eigenvalue weighted by atomic mass is 9.90. The molecule has 1 unspecified atom stereocenters. The number of H-pyrrole nitrogens is 1. The number of ether oxygens (including phenoxy) is 1. The minimum atomic E-state index is -0.784. The fraction of sp³-hybridized carbons (Fsp3) is 0.409. The molecule has 7 nitrogen and oxygen atoms in total. The van der Waals surface area contributed by atoms with Crippen molar-refractivity contribution in [3.8, 4) is 5.75 Å². The van der Waals surface area contributed by atoms with E-state index in [1.54, 1.807) is 0 Å². The molecule has 7 heteroatoms. The third-order valence-electron chi connectivity index (χ3n) is 5.20. The monoisotopic (exact) mass is 397 g/mol. The third-order valence-corrected chi connectivity index (χ3v) is 5.20. The van der Waals surface area contributed by atoms with Gasteiger partial charge in [-0.2, -0.15) is 0 Å². The summed E-state index contributed by atoms with van der Waals surface area (Å²) >= 11 is 0. The second-order valence-corrected chi connectivity index (χ2v) is 7.81. The smallest absolute Gasteiger partial charge is 0.261 e. The molecule has 1 aromatic heterocycles. The van der Waals surface area contributed by atoms with Crippen molar-refractivity contribution in [2.45, 2.75) is 52.0 Å². The average molecular weight is 397 g/mol. The Bertz CT molecular complexity index is 994. The molecule has 0 spiro atoms. The van der Waals surface area contributed by atoms with Crippen molar-refractivity contribution in [2.75, 3.05) is 6.61 Å². The van der Waals surface area contributed by atoms with Gasteiger partial charge in [-0.1, -0.05) is 26.0 Å². The van der Waals surface area contributed by atoms with Crippen LogP contribution in [0.15, 0.2) is 29.1 Å². The predicted molar refractivity (Wildman–Crippen MR) is 110 cm³/mol. The Morgan fingerprint density at radius 3 is 2.76 bits per heavy atom. The molecule has 3 rings (SSSR count). The Morgan fingerprint density at radius 1 is 1.31 bits per heavy atom. The van der Waals surface area contributed by atoms with Crippen molar-refractivity contribution in [1.29, 1.82) is 0 Å². The fourth-order valence-electron chi connectivity index (χ4n) is 3.70. The molecule has 0 saturated carbocycles. The minimum absolute atomic E-state index is 0.0949. The Hall–Kier alpha value is -3.09. The third kappa shape index (κ3) is 4.67. The van der Waals surface area contributed by atoms with Crippen LogP contribution in [0.5, 0.6) is 5.75 Å². The van der Waals surface area contributed by atoms with E-state index in [1.165, 1.54) is 6.07 Å². The van der Waals surface area contributed by atoms with Gasteiger partial charge in [-0.05, 0) is 60.9 Å². The molecule has 1 atom stereocenters. The summed E-state index contributed by atoms with van der Waals surface area (Å²) in [6.45, 7) is 6.02. The number of carbonyl (C=O) groups is 2. The van der Waals surface area contributed by atoms with Crippen molar-refractivity contribution in [1.82, 2.24) is 10.3 Å². The number of hydrogen-bond acceptors (Lipinski definition) is 4. The zero-order valence-electron chi connectivity index (χ0n) is 17.0. The van der Waals surface area contributed by atoms with E-state index < -0.39 is 11.5 Å². The second kappa shape index (κ2) is 8.51. The van der Waals surface area contributed by atoms with Crippen LogP contribution >= 0.6 is 0 Å². The van der Waals surface area contributed by atoms with Gasteiger partial charge in [-0.15, -0.1) is 0 Å². The molecule has 2 amide bonds. The quantitative estimate of drug-likeness (QED) is 0.695. The molecular weight excluding hydrogens is 370 g/mol. The summed E-state index contributed by atoms with van der Waals surface area (Å²) in [5.41, 5.74) is 8.28. The van der Waals surface area contributed by atoms with Crippen LogP contribution in [-0.4, -0.2) is 23.4 Å². The van der Waals surface area contributed by atoms with E-state index in [0.717, 1.165) is 28.8 Å². The van der Waals surface area contributed by atoms with Crippen LogP contribution in [0.25, 0.3) is 0 Å². The van der Waals surface area contributed by atoms with Crippen LogP contribution in [0.3, 0.4) is 0 Å². The molecule has 29 heavy (non-hydrogen) atoms. The highest BCUT2D eigenvalue weighted by molar-refractivity contribution is 5.92. The summed E-state index contributed by atoms with van der Waals surface area (Å²) in [6, 6.07) is 7.18. The molecule has 0 saturated heterocycles. The van der Waals surface area contributed by atoms with Crippen molar-refractivity contribution in [3.05, 3.63) is 62.6 Å². The number of aromatic amines is 1. The maximum absolute atomic E-state index is 12.5. The van der Waals surface area contributed by atoms with Gasteiger partial charge in [0, 0.05) is 5.69 Å². The van der Waals surface area contributed by atoms with Gasteiger partial charge in [0.2, 0.25) is 0 Å². The maximum atomic E-state index is 12.5. The second-order valence-electron chi connectivity index (χ2n) is 7.81. The average Bonchev–Trinajstić information content (AvgIpc) is 2.65. The van der Waals surface area contributed by atoms with Gasteiger partial charge >= 0.3 is 0 Å². The number of aryl methyl sites for hydroxylation is 2. The standard InChI is InChI=1S/C22H27N3O4/c1-12(2)14-8-7-13(3)9-19(14)29-11-20(26)24-17-5-4-6-18-15(17)10-16(21(23)27)22(28)25-18/h7-10,12,17H,4-6,11H2,1-3H3,(H2,23,27)(H,24,26)(H,25,28). The number of pyridine rings is 1. The first-order chi connectivity index (χ1) is 13.8. The van der Waals surface area contributed by atoms with E-state index in [0.29, 0.717) is 18.6 Å². The summed E-state index contributed by atoms with van der Waals surface area (Å²) in [7, 11) is 0. The summed E-state index contributed by atoms with van der Waals surface area (Å²) < 4.78 is 5.81. The molecule has 154 valence electrons. The molecule has 0 aliphatic heterocycles. The molecule has 1 aliphatic rings. The summed E-state index contributed by atoms with van der Waals surface area (Å²) in [6.07, 6.45) is 2.22. The van der Waals surface area contributed by atoms with Crippen LogP contribution in [-0.2, 0) is 11.2 Å². The zero-order chi connectivity index (χ0) is 21.1. The number of fused-ring (bicyclic) bond motifs is 1. The Labute approximate surface area is 169 Å². The molecule has 0 fully saturated rings. The van der Waals surface area contributed by atoms with E-state index in [4.69, 9.17) is 10.5 Å². The van der Waals surface area contributed by atoms with Crippen LogP contribution in [0.2, 0.25) is 0 Å². The summed E-state index contributed by atoms with van der Waals surface area (Å²) in [4.78, 5) is 38.7. The molecule has 2 aromatic rings. The van der Waals surface area contributed by atoms with Gasteiger partial charge in [0.05, 0.1) is 6.04 Å². The number of amides is 2. The van der Waals surface area contributed by atoms with E-state index in [2.05, 4.69) is 24.1 Å². The first kappa shape index (κ1) is 20.6. The summed E-state index contributed by atoms with van der Waals surface area (Å²) in [5, 5.41) is 2.96. The minimum Gasteiger partial charge on any atom is -0.483 e. The molecule has 1 heterocycles. The first-order valence-electron chi connectivity index (χ1n) is 9.85. The molecule has 0 bridgehead atoms. The predicted octanol–water partition coefficient (Wildman–Crippen LogP) is 2.48. The zero-order valence-corrected chi connectivity index (χ0v) is 17.0. The van der Waals surface area contributed by atoms with Crippen LogP contribution in [0.4, 0.5) is 0 Å². The van der Waals surface area contributed by atoms with Crippen LogP contribution in [0, 0.1) is 6.92 Å². The van der Waals surface area contributed by atoms with Crippen LogP contribution < -0.4 is 21.3 Å². The van der Waals surface area contributed by atoms with E-state index >= 15 is 0 Å². The van der Waals surface area contributed by atoms with Gasteiger partial charge in [-0.25, -0.2) is 0 Å². The maximum Gasteiger partial charge on any atom is 0.261 e. The Morgan fingerprint density at radius 2 is 2.07 bits per heavy atom. The highest BCUT2D eigenvalue weighted by Gasteiger charge is 2.25. The normalized spacial score (nSPS) is 15.7. The van der Waals surface area contributed by atoms with Gasteiger partial charge < -0.3 is 20.8 Å². The lowest BCUT2D eigenvalue weighted by Gasteiger charge is -2.26. The Balaban J connectivity index is 1.73. The van der Waals surface area contributed by atoms with Crippen molar-refractivity contribution >= 4 is 11.8 Å². The van der Waals surface area contributed by atoms with Gasteiger partial charge in [0.15, 0.2) is 6.61 Å². The number of primary amides is 1. The van der Waals surface area contributed by atoms with Crippen molar-refractivity contribution in [2.24, 2.45) is 5.73 Å². The molecule has 0 radical (unpaired) electrons. The summed E-state index contributed by atoms with van der Waals surface area (Å²) in [5.74, 6) is -0.0537. The van der Waals surface area contributed by atoms with Gasteiger partial charge in [0.25, 0.3) is 17.4 Å². The highest BCUT2D eigenvalue weighted by Crippen LogP contribution is 2.29. The first-order valence-corrected chi connectivity index (χ1v) is 9.85. The van der Waals surface area contributed by atoms with E-state index in [-0.39, 0.29) is 30.0 Å². The lowest BCUT2D eigenvalue weighted by Crippen LogP contribution is -2.36. The number of hydrogen-bond donors (Lipinski definition) is 3. The van der Waals surface area contributed by atoms with E-state index in [1.807, 2.05) is 25.1 Å². The van der Waals surface area contributed by atoms with Gasteiger partial charge in [-0.3, -0.25) is 14.4 Å². The lowest BCUT2D eigenvalue weighted by molar-refractivity contribution is -0.124. The SMILES string of the molecule is Cc1ccc(C(C)C)c(OCC(=O)NC2CCCc3[nH]c(=O)c(C(N)=O)cc32)c1. The van der Waals surface area contributed by atoms with Crippen molar-refractivity contribution in [3.63, 3.8) is 0 Å². The largest absolute Gasteiger partial charge is 0.483 e. The number of aromatic nitrogens is 1. The van der Waals surface area contributed by atoms with Gasteiger partial charge in [0.1, 0.15) is 11.3 Å². The molecule has 1 aliphatic carbocycles. The Kier molecular flexibility index (Phi) is 6.06. The number of benzene rings is 1. The van der Waals surface area contributed by atoms with Crippen molar-refractivity contribution < 1.29 is 14.3 Å². The number of rotatable bonds is 6. The fourth-order valence-corrected chi connectivity index (χ4v) is 3.70. The number of nitrogens with one attached hydrogen (secondary N) is 2.